The summed E-state index contributed by atoms with van der Waals surface area (Å²) in [5, 5.41) is 14.3. The molecule has 0 atom stereocenters. The number of para-hydroxylation sites is 1. The number of amides is 1. The summed E-state index contributed by atoms with van der Waals surface area (Å²) in [7, 11) is 1.64. The van der Waals surface area contributed by atoms with E-state index in [4.69, 9.17) is 4.74 Å². The van der Waals surface area contributed by atoms with Gasteiger partial charge in [0.15, 0.2) is 5.69 Å². The summed E-state index contributed by atoms with van der Waals surface area (Å²) in [4.78, 5) is 12.5. The molecule has 0 radical (unpaired) electrons. The van der Waals surface area contributed by atoms with Crippen LogP contribution in [0, 0.1) is 20.8 Å². The number of hydrogen-bond donors (Lipinski definition) is 2. The zero-order valence-corrected chi connectivity index (χ0v) is 16.5. The summed E-state index contributed by atoms with van der Waals surface area (Å²) in [6.07, 6.45) is 0. The molecular formula is C22H24N4O2. The van der Waals surface area contributed by atoms with Gasteiger partial charge in [-0.15, -0.1) is 10.2 Å². The third kappa shape index (κ3) is 4.46. The Morgan fingerprint density at radius 2 is 1.71 bits per heavy atom. The summed E-state index contributed by atoms with van der Waals surface area (Å²) in [6, 6.07) is 15.2. The van der Waals surface area contributed by atoms with E-state index in [0.717, 1.165) is 28.1 Å². The molecule has 3 rings (SSSR count). The van der Waals surface area contributed by atoms with Gasteiger partial charge in [0.25, 0.3) is 5.91 Å². The number of benzene rings is 2. The van der Waals surface area contributed by atoms with E-state index in [9.17, 15) is 4.79 Å². The van der Waals surface area contributed by atoms with Crippen molar-refractivity contribution in [2.45, 2.75) is 27.3 Å². The third-order valence-corrected chi connectivity index (χ3v) is 4.47. The van der Waals surface area contributed by atoms with E-state index in [1.54, 1.807) is 19.2 Å². The van der Waals surface area contributed by atoms with Crippen molar-refractivity contribution in [2.24, 2.45) is 0 Å². The molecule has 0 saturated heterocycles. The van der Waals surface area contributed by atoms with Gasteiger partial charge in [-0.2, -0.15) is 0 Å². The summed E-state index contributed by atoms with van der Waals surface area (Å²) in [5.74, 6) is 1.12. The zero-order chi connectivity index (χ0) is 20.1. The molecule has 0 bridgehead atoms. The number of nitrogens with one attached hydrogen (secondary N) is 2. The van der Waals surface area contributed by atoms with E-state index >= 15 is 0 Å². The first-order valence-electron chi connectivity index (χ1n) is 9.06. The van der Waals surface area contributed by atoms with Gasteiger partial charge in [-0.25, -0.2) is 0 Å². The first kappa shape index (κ1) is 19.4. The van der Waals surface area contributed by atoms with Gasteiger partial charge >= 0.3 is 0 Å². The molecule has 0 saturated carbocycles. The van der Waals surface area contributed by atoms with Crippen molar-refractivity contribution in [1.29, 1.82) is 0 Å². The molecule has 0 aliphatic heterocycles. The first-order valence-corrected chi connectivity index (χ1v) is 9.06. The normalized spacial score (nSPS) is 10.4. The molecule has 6 nitrogen and oxygen atoms in total. The number of rotatable bonds is 6. The maximum absolute atomic E-state index is 12.5. The number of carbonyl (C=O) groups is 1. The van der Waals surface area contributed by atoms with Crippen molar-refractivity contribution in [3.63, 3.8) is 0 Å². The fourth-order valence-electron chi connectivity index (χ4n) is 3.14. The minimum Gasteiger partial charge on any atom is -0.496 e. The molecule has 0 unspecified atom stereocenters. The van der Waals surface area contributed by atoms with Crippen molar-refractivity contribution in [3.05, 3.63) is 76.5 Å². The third-order valence-electron chi connectivity index (χ3n) is 4.47. The van der Waals surface area contributed by atoms with Gasteiger partial charge in [0.05, 0.1) is 7.11 Å². The molecule has 0 fully saturated rings. The van der Waals surface area contributed by atoms with E-state index in [-0.39, 0.29) is 11.6 Å². The van der Waals surface area contributed by atoms with Crippen molar-refractivity contribution < 1.29 is 9.53 Å². The highest BCUT2D eigenvalue weighted by atomic mass is 16.5. The molecule has 2 aromatic carbocycles. The molecule has 0 aliphatic rings. The van der Waals surface area contributed by atoms with Gasteiger partial charge in [-0.1, -0.05) is 35.9 Å². The molecule has 2 N–H and O–H groups in total. The molecule has 6 heteroatoms. The Balaban J connectivity index is 1.66. The van der Waals surface area contributed by atoms with Gasteiger partial charge in [-0.05, 0) is 50.1 Å². The molecule has 1 aromatic heterocycles. The maximum atomic E-state index is 12.5. The van der Waals surface area contributed by atoms with Crippen LogP contribution in [0.5, 0.6) is 5.75 Å². The van der Waals surface area contributed by atoms with Gasteiger partial charge < -0.3 is 15.4 Å². The smallest absolute Gasteiger partial charge is 0.276 e. The van der Waals surface area contributed by atoms with Crippen molar-refractivity contribution in [2.75, 3.05) is 17.7 Å². The summed E-state index contributed by atoms with van der Waals surface area (Å²) < 4.78 is 5.34. The monoisotopic (exact) mass is 376 g/mol. The summed E-state index contributed by atoms with van der Waals surface area (Å²) >= 11 is 0. The Morgan fingerprint density at radius 1 is 1.00 bits per heavy atom. The summed E-state index contributed by atoms with van der Waals surface area (Å²) in [6.45, 7) is 6.54. The zero-order valence-electron chi connectivity index (χ0n) is 16.5. The fraction of sp³-hybridized carbons (Fsp3) is 0.227. The average Bonchev–Trinajstić information content (AvgIpc) is 2.69. The highest BCUT2D eigenvalue weighted by molar-refractivity contribution is 6.03. The van der Waals surface area contributed by atoms with Crippen LogP contribution in [-0.4, -0.2) is 23.2 Å². The Morgan fingerprint density at radius 3 is 2.36 bits per heavy atom. The van der Waals surface area contributed by atoms with Gasteiger partial charge in [0, 0.05) is 17.8 Å². The highest BCUT2D eigenvalue weighted by Crippen LogP contribution is 2.22. The van der Waals surface area contributed by atoms with Crippen LogP contribution in [0.2, 0.25) is 0 Å². The van der Waals surface area contributed by atoms with Crippen LogP contribution < -0.4 is 15.4 Å². The van der Waals surface area contributed by atoms with Crippen LogP contribution in [0.4, 0.5) is 11.5 Å². The van der Waals surface area contributed by atoms with Crippen LogP contribution in [-0.2, 0) is 6.54 Å². The fourth-order valence-corrected chi connectivity index (χ4v) is 3.14. The van der Waals surface area contributed by atoms with Crippen LogP contribution in [0.15, 0.2) is 48.5 Å². The van der Waals surface area contributed by atoms with Gasteiger partial charge in [-0.3, -0.25) is 4.79 Å². The second-order valence-electron chi connectivity index (χ2n) is 6.70. The van der Waals surface area contributed by atoms with E-state index in [1.165, 1.54) is 5.56 Å². The first-order chi connectivity index (χ1) is 13.5. The molecular weight excluding hydrogens is 352 g/mol. The van der Waals surface area contributed by atoms with Crippen molar-refractivity contribution in [3.8, 4) is 5.75 Å². The number of aryl methyl sites for hydroxylation is 3. The molecule has 0 aliphatic carbocycles. The van der Waals surface area contributed by atoms with E-state index in [2.05, 4.69) is 20.8 Å². The molecule has 1 amide bonds. The molecule has 3 aromatic rings. The number of aromatic nitrogens is 2. The predicted molar refractivity (Wildman–Crippen MR) is 111 cm³/mol. The van der Waals surface area contributed by atoms with Crippen LogP contribution in [0.25, 0.3) is 0 Å². The second-order valence-corrected chi connectivity index (χ2v) is 6.70. The molecule has 144 valence electrons. The number of hydrogen-bond acceptors (Lipinski definition) is 5. The summed E-state index contributed by atoms with van der Waals surface area (Å²) in [5.41, 5.74) is 5.30. The SMILES string of the molecule is COc1ccccc1CNc1ccc(C(=O)Nc2c(C)cc(C)cc2C)nn1. The Bertz CT molecular complexity index is 961. The van der Waals surface area contributed by atoms with E-state index in [0.29, 0.717) is 12.4 Å². The van der Waals surface area contributed by atoms with Crippen molar-refractivity contribution >= 4 is 17.4 Å². The van der Waals surface area contributed by atoms with Crippen LogP contribution >= 0.6 is 0 Å². The van der Waals surface area contributed by atoms with Gasteiger partial charge in [0.1, 0.15) is 11.6 Å². The number of anilines is 2. The van der Waals surface area contributed by atoms with Gasteiger partial charge in [0.2, 0.25) is 0 Å². The quantitative estimate of drug-likeness (QED) is 0.672. The predicted octanol–water partition coefficient (Wildman–Crippen LogP) is 4.27. The lowest BCUT2D eigenvalue weighted by molar-refractivity contribution is 0.102. The largest absolute Gasteiger partial charge is 0.496 e. The average molecular weight is 376 g/mol. The van der Waals surface area contributed by atoms with E-state index < -0.39 is 0 Å². The lowest BCUT2D eigenvalue weighted by Gasteiger charge is -2.12. The minimum atomic E-state index is -0.279. The van der Waals surface area contributed by atoms with E-state index in [1.807, 2.05) is 57.2 Å². The van der Waals surface area contributed by atoms with Crippen molar-refractivity contribution in [1.82, 2.24) is 10.2 Å². The topological polar surface area (TPSA) is 76.1 Å². The number of carbonyl (C=O) groups excluding carboxylic acids is 1. The standard InChI is InChI=1S/C22H24N4O2/c1-14-11-15(2)21(16(3)12-14)24-22(27)18-9-10-20(26-25-18)23-13-17-7-5-6-8-19(17)28-4/h5-12H,13H2,1-4H3,(H,23,26)(H,24,27). The second kappa shape index (κ2) is 8.52. The lowest BCUT2D eigenvalue weighted by atomic mass is 10.1. The van der Waals surface area contributed by atoms with Crippen LogP contribution in [0.3, 0.4) is 0 Å². The molecule has 0 spiro atoms. The highest BCUT2D eigenvalue weighted by Gasteiger charge is 2.12. The lowest BCUT2D eigenvalue weighted by Crippen LogP contribution is -2.16. The molecule has 28 heavy (non-hydrogen) atoms. The minimum absolute atomic E-state index is 0.266. The number of methoxy groups -OCH3 is 1. The Hall–Kier alpha value is -3.41. The molecule has 1 heterocycles. The Labute approximate surface area is 165 Å². The maximum Gasteiger partial charge on any atom is 0.276 e. The Kier molecular flexibility index (Phi) is 5.89. The number of nitrogens with zero attached hydrogens (tertiary/aromatic N) is 2. The number of ether oxygens (including phenoxy) is 1. The van der Waals surface area contributed by atoms with Crippen LogP contribution in [0.1, 0.15) is 32.7 Å².